The molecule has 0 saturated heterocycles. The number of hydrogen-bond donors (Lipinski definition) is 0. The Bertz CT molecular complexity index is 140. The van der Waals surface area contributed by atoms with E-state index < -0.39 is 0 Å². The molecule has 0 saturated carbocycles. The van der Waals surface area contributed by atoms with Crippen molar-refractivity contribution >= 4 is 5.71 Å². The van der Waals surface area contributed by atoms with E-state index in [2.05, 4.69) is 30.8 Å². The second kappa shape index (κ2) is 3.15. The molecule has 2 heteroatoms. The van der Waals surface area contributed by atoms with E-state index in [-0.39, 0.29) is 0 Å². The van der Waals surface area contributed by atoms with Gasteiger partial charge in [0, 0.05) is 18.8 Å². The van der Waals surface area contributed by atoms with Crippen LogP contribution in [0.1, 0.15) is 20.3 Å². The van der Waals surface area contributed by atoms with Crippen molar-refractivity contribution in [3.63, 3.8) is 0 Å². The third-order valence-corrected chi connectivity index (χ3v) is 1.87. The van der Waals surface area contributed by atoms with Crippen molar-refractivity contribution in [2.45, 2.75) is 26.3 Å². The zero-order chi connectivity index (χ0) is 7.56. The van der Waals surface area contributed by atoms with E-state index in [1.807, 2.05) is 0 Å². The summed E-state index contributed by atoms with van der Waals surface area (Å²) in [6, 6.07) is 0.493. The molecule has 0 spiro atoms. The summed E-state index contributed by atoms with van der Waals surface area (Å²) < 4.78 is 0. The fourth-order valence-corrected chi connectivity index (χ4v) is 1.38. The summed E-state index contributed by atoms with van der Waals surface area (Å²) >= 11 is 0. The highest BCUT2D eigenvalue weighted by Gasteiger charge is 2.09. The Morgan fingerprint density at radius 1 is 1.60 bits per heavy atom. The second-order valence-electron chi connectivity index (χ2n) is 3.23. The molecule has 1 unspecified atom stereocenters. The number of rotatable bonds is 0. The number of nitrogens with zero attached hydrogens (tertiary/aromatic N) is 2. The van der Waals surface area contributed by atoms with Crippen LogP contribution >= 0.6 is 0 Å². The lowest BCUT2D eigenvalue weighted by Gasteiger charge is -2.14. The third kappa shape index (κ3) is 2.10. The van der Waals surface area contributed by atoms with Crippen molar-refractivity contribution in [2.75, 3.05) is 20.1 Å². The predicted octanol–water partition coefficient (Wildman–Crippen LogP) is 1.17. The predicted molar refractivity (Wildman–Crippen MR) is 44.7 cm³/mol. The van der Waals surface area contributed by atoms with Crippen LogP contribution < -0.4 is 0 Å². The molecule has 0 aromatic heterocycles. The molecule has 0 aromatic carbocycles. The minimum absolute atomic E-state index is 0.493. The first kappa shape index (κ1) is 7.73. The van der Waals surface area contributed by atoms with E-state index in [0.29, 0.717) is 6.04 Å². The molecule has 1 atom stereocenters. The summed E-state index contributed by atoms with van der Waals surface area (Å²) in [4.78, 5) is 6.84. The van der Waals surface area contributed by atoms with Crippen LogP contribution in [0.3, 0.4) is 0 Å². The average molecular weight is 140 g/mol. The summed E-state index contributed by atoms with van der Waals surface area (Å²) in [5.41, 5.74) is 1.30. The lowest BCUT2D eigenvalue weighted by molar-refractivity contribution is 0.335. The van der Waals surface area contributed by atoms with Crippen molar-refractivity contribution in [1.82, 2.24) is 4.90 Å². The van der Waals surface area contributed by atoms with Gasteiger partial charge in [-0.15, -0.1) is 0 Å². The SMILES string of the molecule is CC1=NC(C)CN(C)CC1. The molecule has 58 valence electrons. The lowest BCUT2D eigenvalue weighted by atomic mass is 10.3. The minimum Gasteiger partial charge on any atom is -0.304 e. The van der Waals surface area contributed by atoms with E-state index >= 15 is 0 Å². The fraction of sp³-hybridized carbons (Fsp3) is 0.875. The van der Waals surface area contributed by atoms with E-state index in [0.717, 1.165) is 13.0 Å². The third-order valence-electron chi connectivity index (χ3n) is 1.87. The van der Waals surface area contributed by atoms with Gasteiger partial charge in [0.05, 0.1) is 6.04 Å². The van der Waals surface area contributed by atoms with Crippen molar-refractivity contribution in [2.24, 2.45) is 4.99 Å². The summed E-state index contributed by atoms with van der Waals surface area (Å²) in [5.74, 6) is 0. The monoisotopic (exact) mass is 140 g/mol. The van der Waals surface area contributed by atoms with Crippen LogP contribution in [0.5, 0.6) is 0 Å². The molecule has 1 heterocycles. The molecule has 10 heavy (non-hydrogen) atoms. The van der Waals surface area contributed by atoms with Gasteiger partial charge in [0.15, 0.2) is 0 Å². The Morgan fingerprint density at radius 3 is 3.00 bits per heavy atom. The molecular weight excluding hydrogens is 124 g/mol. The maximum Gasteiger partial charge on any atom is 0.0597 e. The number of aliphatic imine (C=N–C) groups is 1. The fourth-order valence-electron chi connectivity index (χ4n) is 1.38. The highest BCUT2D eigenvalue weighted by molar-refractivity contribution is 5.82. The smallest absolute Gasteiger partial charge is 0.0597 e. The van der Waals surface area contributed by atoms with E-state index in [1.54, 1.807) is 0 Å². The van der Waals surface area contributed by atoms with Gasteiger partial charge in [0.1, 0.15) is 0 Å². The molecule has 0 amide bonds. The maximum atomic E-state index is 4.50. The van der Waals surface area contributed by atoms with Gasteiger partial charge in [0.2, 0.25) is 0 Å². The number of hydrogen-bond acceptors (Lipinski definition) is 2. The van der Waals surface area contributed by atoms with E-state index in [9.17, 15) is 0 Å². The van der Waals surface area contributed by atoms with Gasteiger partial charge in [0.25, 0.3) is 0 Å². The lowest BCUT2D eigenvalue weighted by Crippen LogP contribution is -2.25. The van der Waals surface area contributed by atoms with Crippen LogP contribution in [0.2, 0.25) is 0 Å². The van der Waals surface area contributed by atoms with E-state index in [1.165, 1.54) is 12.3 Å². The van der Waals surface area contributed by atoms with Gasteiger partial charge in [-0.05, 0) is 27.3 Å². The molecule has 0 N–H and O–H groups in total. The summed E-state index contributed by atoms with van der Waals surface area (Å²) in [6.45, 7) is 6.57. The Kier molecular flexibility index (Phi) is 2.44. The van der Waals surface area contributed by atoms with Crippen molar-refractivity contribution < 1.29 is 0 Å². The van der Waals surface area contributed by atoms with Gasteiger partial charge in [-0.2, -0.15) is 0 Å². The highest BCUT2D eigenvalue weighted by atomic mass is 15.1. The first-order chi connectivity index (χ1) is 4.68. The normalized spacial score (nSPS) is 29.5. The topological polar surface area (TPSA) is 15.6 Å². The molecule has 2 nitrogen and oxygen atoms in total. The average Bonchev–Trinajstić information content (AvgIpc) is 1.93. The van der Waals surface area contributed by atoms with E-state index in [4.69, 9.17) is 0 Å². The Hall–Kier alpha value is -0.370. The van der Waals surface area contributed by atoms with Crippen molar-refractivity contribution in [1.29, 1.82) is 0 Å². The van der Waals surface area contributed by atoms with Crippen LogP contribution in [0.15, 0.2) is 4.99 Å². The molecule has 1 aliphatic rings. The summed E-state index contributed by atoms with van der Waals surface area (Å²) in [5, 5.41) is 0. The molecule has 0 aromatic rings. The largest absolute Gasteiger partial charge is 0.304 e. The quantitative estimate of drug-likeness (QED) is 0.493. The van der Waals surface area contributed by atoms with Gasteiger partial charge in [-0.3, -0.25) is 4.99 Å². The first-order valence-electron chi connectivity index (χ1n) is 3.90. The maximum absolute atomic E-state index is 4.50. The van der Waals surface area contributed by atoms with Crippen LogP contribution in [0.4, 0.5) is 0 Å². The molecule has 0 fully saturated rings. The minimum atomic E-state index is 0.493. The molecule has 1 rings (SSSR count). The molecule has 0 bridgehead atoms. The zero-order valence-corrected chi connectivity index (χ0v) is 7.09. The highest BCUT2D eigenvalue weighted by Crippen LogP contribution is 2.02. The van der Waals surface area contributed by atoms with Crippen LogP contribution in [-0.4, -0.2) is 36.8 Å². The first-order valence-corrected chi connectivity index (χ1v) is 3.90. The van der Waals surface area contributed by atoms with Gasteiger partial charge in [-0.25, -0.2) is 0 Å². The molecule has 1 aliphatic heterocycles. The van der Waals surface area contributed by atoms with Gasteiger partial charge < -0.3 is 4.90 Å². The van der Waals surface area contributed by atoms with Crippen LogP contribution in [0, 0.1) is 0 Å². The second-order valence-corrected chi connectivity index (χ2v) is 3.23. The molecule has 0 radical (unpaired) electrons. The van der Waals surface area contributed by atoms with Gasteiger partial charge >= 0.3 is 0 Å². The summed E-state index contributed by atoms with van der Waals surface area (Å²) in [6.07, 6.45) is 1.14. The Balaban J connectivity index is 2.53. The van der Waals surface area contributed by atoms with Crippen molar-refractivity contribution in [3.05, 3.63) is 0 Å². The van der Waals surface area contributed by atoms with Crippen LogP contribution in [0.25, 0.3) is 0 Å². The van der Waals surface area contributed by atoms with Crippen molar-refractivity contribution in [3.8, 4) is 0 Å². The summed E-state index contributed by atoms with van der Waals surface area (Å²) in [7, 11) is 2.16. The zero-order valence-electron chi connectivity index (χ0n) is 7.09. The Labute approximate surface area is 62.9 Å². The van der Waals surface area contributed by atoms with Gasteiger partial charge in [-0.1, -0.05) is 0 Å². The molecule has 0 aliphatic carbocycles. The molecular formula is C8H16N2. The number of likely N-dealkylation sites (N-methyl/N-ethyl adjacent to an activating group) is 1. The Morgan fingerprint density at radius 2 is 2.30 bits per heavy atom. The standard InChI is InChI=1S/C8H16N2/c1-7-4-5-10(3)6-8(2)9-7/h8H,4-6H2,1-3H3. The van der Waals surface area contributed by atoms with Crippen LogP contribution in [-0.2, 0) is 0 Å².